The van der Waals surface area contributed by atoms with E-state index in [9.17, 15) is 0 Å². The van der Waals surface area contributed by atoms with Crippen LogP contribution in [-0.2, 0) is 0 Å². The van der Waals surface area contributed by atoms with Gasteiger partial charge in [0.1, 0.15) is 11.6 Å². The highest BCUT2D eigenvalue weighted by Gasteiger charge is 2.22. The average molecular weight is 491 g/mol. The Morgan fingerprint density at radius 2 is 1.71 bits per heavy atom. The number of aryl methyl sites for hydroxylation is 1. The van der Waals surface area contributed by atoms with E-state index in [1.54, 1.807) is 6.20 Å². The molecule has 8 heteroatoms. The standard InChI is InChI=1S/C26H24Cl2N6/c1-3-8-32-9-11-33(12-10-32)26-21(27)15-20(16-22(26)28)34-17(2)31-23-5-4-18(13-24(23)34)19-6-7-30-25(29)14-19/h1,4-7,13-16H,8-12H2,2H3,(H2,29,30). The fourth-order valence-corrected chi connectivity index (χ4v) is 5.29. The van der Waals surface area contributed by atoms with Gasteiger partial charge in [0.15, 0.2) is 0 Å². The molecule has 172 valence electrons. The van der Waals surface area contributed by atoms with Crippen molar-refractivity contribution in [3.8, 4) is 29.2 Å². The molecule has 0 unspecified atom stereocenters. The zero-order chi connectivity index (χ0) is 23.8. The van der Waals surface area contributed by atoms with Crippen LogP contribution in [0.3, 0.4) is 0 Å². The van der Waals surface area contributed by atoms with Crippen LogP contribution in [0.25, 0.3) is 27.8 Å². The van der Waals surface area contributed by atoms with Crippen LogP contribution < -0.4 is 10.6 Å². The van der Waals surface area contributed by atoms with Gasteiger partial charge in [-0.2, -0.15) is 0 Å². The monoisotopic (exact) mass is 490 g/mol. The van der Waals surface area contributed by atoms with E-state index in [1.165, 1.54) is 0 Å². The molecule has 0 bridgehead atoms. The molecule has 4 aromatic rings. The van der Waals surface area contributed by atoms with Crippen LogP contribution in [-0.4, -0.2) is 52.2 Å². The van der Waals surface area contributed by atoms with Gasteiger partial charge in [0.2, 0.25) is 0 Å². The lowest BCUT2D eigenvalue weighted by molar-refractivity contribution is 0.288. The molecule has 0 amide bonds. The first kappa shape index (κ1) is 22.5. The van der Waals surface area contributed by atoms with Crippen LogP contribution in [0.1, 0.15) is 5.82 Å². The van der Waals surface area contributed by atoms with Gasteiger partial charge < -0.3 is 10.6 Å². The summed E-state index contributed by atoms with van der Waals surface area (Å²) in [5, 5.41) is 1.24. The number of benzene rings is 2. The Morgan fingerprint density at radius 1 is 1.00 bits per heavy atom. The molecule has 0 atom stereocenters. The summed E-state index contributed by atoms with van der Waals surface area (Å²) in [5.74, 6) is 4.05. The number of nitrogen functional groups attached to an aromatic ring is 1. The zero-order valence-corrected chi connectivity index (χ0v) is 20.3. The van der Waals surface area contributed by atoms with Crippen molar-refractivity contribution in [2.45, 2.75) is 6.92 Å². The van der Waals surface area contributed by atoms with Crippen LogP contribution in [0.5, 0.6) is 0 Å². The lowest BCUT2D eigenvalue weighted by Gasteiger charge is -2.36. The lowest BCUT2D eigenvalue weighted by Crippen LogP contribution is -2.46. The highest BCUT2D eigenvalue weighted by atomic mass is 35.5. The van der Waals surface area contributed by atoms with E-state index in [0.717, 1.165) is 65.5 Å². The first-order valence-corrected chi connectivity index (χ1v) is 11.8. The second kappa shape index (κ2) is 9.19. The number of hydrogen-bond acceptors (Lipinski definition) is 5. The molecule has 0 saturated carbocycles. The molecule has 1 saturated heterocycles. The van der Waals surface area contributed by atoms with Crippen molar-refractivity contribution < 1.29 is 0 Å². The Morgan fingerprint density at radius 3 is 2.38 bits per heavy atom. The first-order chi connectivity index (χ1) is 16.4. The highest BCUT2D eigenvalue weighted by molar-refractivity contribution is 6.39. The molecule has 2 aromatic heterocycles. The molecular formula is C26H24Cl2N6. The first-order valence-electron chi connectivity index (χ1n) is 11.1. The number of hydrogen-bond donors (Lipinski definition) is 1. The summed E-state index contributed by atoms with van der Waals surface area (Å²) in [6.45, 7) is 6.05. The van der Waals surface area contributed by atoms with E-state index in [0.29, 0.717) is 22.4 Å². The van der Waals surface area contributed by atoms with Gasteiger partial charge in [0.25, 0.3) is 0 Å². The SMILES string of the molecule is C#CCN1CCN(c2c(Cl)cc(-n3c(C)nc4ccc(-c5ccnc(N)c5)cc43)cc2Cl)CC1. The summed E-state index contributed by atoms with van der Waals surface area (Å²) >= 11 is 13.6. The Hall–Kier alpha value is -3.24. The Balaban J connectivity index is 1.53. The second-order valence-corrected chi connectivity index (χ2v) is 9.21. The third kappa shape index (κ3) is 4.19. The number of fused-ring (bicyclic) bond motifs is 1. The minimum atomic E-state index is 0.483. The number of halogens is 2. The number of pyridine rings is 1. The van der Waals surface area contributed by atoms with Gasteiger partial charge in [-0.05, 0) is 54.4 Å². The number of imidazole rings is 1. The molecule has 6 nitrogen and oxygen atoms in total. The van der Waals surface area contributed by atoms with Gasteiger partial charge in [0.05, 0.1) is 39.0 Å². The minimum absolute atomic E-state index is 0.483. The molecule has 1 aliphatic heterocycles. The van der Waals surface area contributed by atoms with E-state index in [1.807, 2.05) is 43.3 Å². The number of anilines is 2. The summed E-state index contributed by atoms with van der Waals surface area (Å²) in [4.78, 5) is 13.3. The summed E-state index contributed by atoms with van der Waals surface area (Å²) in [7, 11) is 0. The predicted octanol–water partition coefficient (Wildman–Crippen LogP) is 5.04. The van der Waals surface area contributed by atoms with E-state index >= 15 is 0 Å². The molecule has 1 fully saturated rings. The lowest BCUT2D eigenvalue weighted by atomic mass is 10.1. The maximum absolute atomic E-state index is 6.80. The molecule has 3 heterocycles. The third-order valence-electron chi connectivity index (χ3n) is 6.20. The Labute approximate surface area is 208 Å². The van der Waals surface area contributed by atoms with Crippen molar-refractivity contribution in [3.05, 3.63) is 64.5 Å². The maximum atomic E-state index is 6.80. The molecular weight excluding hydrogens is 467 g/mol. The summed E-state index contributed by atoms with van der Waals surface area (Å²) in [6, 6.07) is 13.9. The van der Waals surface area contributed by atoms with Crippen molar-refractivity contribution in [2.24, 2.45) is 0 Å². The summed E-state index contributed by atoms with van der Waals surface area (Å²) in [6.07, 6.45) is 7.16. The van der Waals surface area contributed by atoms with Gasteiger partial charge >= 0.3 is 0 Å². The smallest absolute Gasteiger partial charge is 0.123 e. The average Bonchev–Trinajstić information content (AvgIpc) is 3.14. The molecule has 34 heavy (non-hydrogen) atoms. The van der Waals surface area contributed by atoms with Crippen molar-refractivity contribution in [1.82, 2.24) is 19.4 Å². The highest BCUT2D eigenvalue weighted by Crippen LogP contribution is 2.38. The van der Waals surface area contributed by atoms with Gasteiger partial charge in [-0.3, -0.25) is 9.47 Å². The van der Waals surface area contributed by atoms with Crippen LogP contribution in [0.4, 0.5) is 11.5 Å². The third-order valence-corrected chi connectivity index (χ3v) is 6.78. The number of nitrogens with zero attached hydrogens (tertiary/aromatic N) is 5. The molecule has 2 aromatic carbocycles. The number of aromatic nitrogens is 3. The Kier molecular flexibility index (Phi) is 6.09. The number of terminal acetylenes is 1. The van der Waals surface area contributed by atoms with E-state index in [-0.39, 0.29) is 0 Å². The van der Waals surface area contributed by atoms with Crippen LogP contribution in [0, 0.1) is 19.3 Å². The quantitative estimate of drug-likeness (QED) is 0.406. The number of piperazine rings is 1. The van der Waals surface area contributed by atoms with Gasteiger partial charge in [-0.1, -0.05) is 35.2 Å². The van der Waals surface area contributed by atoms with Gasteiger partial charge in [0, 0.05) is 32.4 Å². The number of rotatable bonds is 4. The van der Waals surface area contributed by atoms with Crippen LogP contribution in [0.2, 0.25) is 10.0 Å². The normalized spacial score (nSPS) is 14.5. The molecule has 0 spiro atoms. The van der Waals surface area contributed by atoms with Gasteiger partial charge in [-0.15, -0.1) is 6.42 Å². The van der Waals surface area contributed by atoms with Gasteiger partial charge in [-0.25, -0.2) is 9.97 Å². The van der Waals surface area contributed by atoms with Crippen LogP contribution in [0.15, 0.2) is 48.7 Å². The van der Waals surface area contributed by atoms with Crippen molar-refractivity contribution in [2.75, 3.05) is 43.4 Å². The Bertz CT molecular complexity index is 1390. The topological polar surface area (TPSA) is 63.2 Å². The summed E-state index contributed by atoms with van der Waals surface area (Å²) < 4.78 is 2.08. The second-order valence-electron chi connectivity index (χ2n) is 8.39. The van der Waals surface area contributed by atoms with E-state index < -0.39 is 0 Å². The fourth-order valence-electron chi connectivity index (χ4n) is 4.57. The van der Waals surface area contributed by atoms with E-state index in [4.69, 9.17) is 40.3 Å². The fraction of sp³-hybridized carbons (Fsp3) is 0.231. The zero-order valence-electron chi connectivity index (χ0n) is 18.8. The van der Waals surface area contributed by atoms with Crippen molar-refractivity contribution in [1.29, 1.82) is 0 Å². The van der Waals surface area contributed by atoms with Crippen LogP contribution >= 0.6 is 23.2 Å². The minimum Gasteiger partial charge on any atom is -0.384 e. The largest absolute Gasteiger partial charge is 0.384 e. The molecule has 0 aliphatic carbocycles. The van der Waals surface area contributed by atoms with Crippen molar-refractivity contribution in [3.63, 3.8) is 0 Å². The molecule has 5 rings (SSSR count). The molecule has 0 radical (unpaired) electrons. The molecule has 2 N–H and O–H groups in total. The van der Waals surface area contributed by atoms with E-state index in [2.05, 4.69) is 31.3 Å². The predicted molar refractivity (Wildman–Crippen MR) is 141 cm³/mol. The molecule has 1 aliphatic rings. The maximum Gasteiger partial charge on any atom is 0.123 e. The van der Waals surface area contributed by atoms with Crippen molar-refractivity contribution >= 4 is 45.7 Å². The number of nitrogens with two attached hydrogens (primary N) is 1. The summed E-state index contributed by atoms with van der Waals surface area (Å²) in [5.41, 5.74) is 11.5.